The maximum atomic E-state index is 12.6. The molecular formula is C31H46N6O8. The summed E-state index contributed by atoms with van der Waals surface area (Å²) < 4.78 is 0. The van der Waals surface area contributed by atoms with Gasteiger partial charge in [-0.2, -0.15) is 0 Å². The fraction of sp³-hybridized carbons (Fsp3) is 0.581. The SMILES string of the molecule is Cc1cccc(C(=O)NCCCCN(CC(=O)O)C(=O)CCNC(=O)CCNC(=O)CCNC(=O)C2CCC(C(N)=O)CC2)c1. The average Bonchev–Trinajstić information content (AvgIpc) is 2.99. The van der Waals surface area contributed by atoms with Crippen LogP contribution in [0.25, 0.3) is 0 Å². The third-order valence-corrected chi connectivity index (χ3v) is 7.59. The molecule has 0 saturated heterocycles. The maximum absolute atomic E-state index is 12.6. The van der Waals surface area contributed by atoms with Gasteiger partial charge >= 0.3 is 5.97 Å². The highest BCUT2D eigenvalue weighted by Gasteiger charge is 2.28. The summed E-state index contributed by atoms with van der Waals surface area (Å²) in [5.74, 6) is -3.34. The van der Waals surface area contributed by atoms with Crippen LogP contribution in [-0.4, -0.2) is 90.7 Å². The quantitative estimate of drug-likeness (QED) is 0.116. The number of hydrogen-bond acceptors (Lipinski definition) is 7. The second-order valence-corrected chi connectivity index (χ2v) is 11.2. The average molecular weight is 631 g/mol. The maximum Gasteiger partial charge on any atom is 0.323 e. The Morgan fingerprint density at radius 3 is 2.00 bits per heavy atom. The summed E-state index contributed by atoms with van der Waals surface area (Å²) in [7, 11) is 0. The number of amides is 6. The van der Waals surface area contributed by atoms with Gasteiger partial charge in [-0.05, 0) is 57.6 Å². The van der Waals surface area contributed by atoms with Gasteiger partial charge < -0.3 is 37.0 Å². The number of unbranched alkanes of at least 4 members (excludes halogenated alkanes) is 1. The number of nitrogens with zero attached hydrogens (tertiary/aromatic N) is 1. The minimum Gasteiger partial charge on any atom is -0.480 e. The Kier molecular flexibility index (Phi) is 16.1. The molecule has 0 unspecified atom stereocenters. The molecule has 0 atom stereocenters. The first-order chi connectivity index (χ1) is 21.5. The summed E-state index contributed by atoms with van der Waals surface area (Å²) in [5, 5.41) is 19.9. The molecule has 7 N–H and O–H groups in total. The molecule has 1 aliphatic rings. The van der Waals surface area contributed by atoms with Crippen molar-refractivity contribution in [3.8, 4) is 0 Å². The fourth-order valence-electron chi connectivity index (χ4n) is 5.02. The number of nitrogens with one attached hydrogen (secondary N) is 4. The van der Waals surface area contributed by atoms with Crippen LogP contribution in [0.5, 0.6) is 0 Å². The zero-order valence-electron chi connectivity index (χ0n) is 25.9. The number of rotatable bonds is 19. The number of hydrogen-bond donors (Lipinski definition) is 6. The van der Waals surface area contributed by atoms with Crippen molar-refractivity contribution in [3.05, 3.63) is 35.4 Å². The lowest BCUT2D eigenvalue weighted by Crippen LogP contribution is -2.39. The summed E-state index contributed by atoms with van der Waals surface area (Å²) in [4.78, 5) is 84.9. The van der Waals surface area contributed by atoms with Crippen molar-refractivity contribution in [2.75, 3.05) is 39.3 Å². The van der Waals surface area contributed by atoms with Crippen molar-refractivity contribution in [1.82, 2.24) is 26.2 Å². The standard InChI is InChI=1S/C31H46N6O8/c1-21-5-4-6-24(19-21)31(45)35-14-2-3-18-37(20-28(41)42)27(40)13-17-34-25(38)11-15-33-26(39)12-16-36-30(44)23-9-7-22(8-10-23)29(32)43/h4-6,19,22-23H,2-3,7-18,20H2,1H3,(H2,32,43)(H,33,39)(H,34,38)(H,35,45)(H,36,44)(H,41,42). The molecule has 45 heavy (non-hydrogen) atoms. The van der Waals surface area contributed by atoms with Crippen molar-refractivity contribution < 1.29 is 38.7 Å². The summed E-state index contributed by atoms with van der Waals surface area (Å²) in [6.45, 7) is 2.25. The molecule has 1 fully saturated rings. The summed E-state index contributed by atoms with van der Waals surface area (Å²) in [5.41, 5.74) is 6.85. The lowest BCUT2D eigenvalue weighted by molar-refractivity contribution is -0.144. The third kappa shape index (κ3) is 14.7. The van der Waals surface area contributed by atoms with E-state index in [2.05, 4.69) is 21.3 Å². The highest BCUT2D eigenvalue weighted by molar-refractivity contribution is 5.94. The number of benzene rings is 1. The van der Waals surface area contributed by atoms with E-state index in [0.29, 0.717) is 50.6 Å². The van der Waals surface area contributed by atoms with Gasteiger partial charge in [-0.3, -0.25) is 33.6 Å². The highest BCUT2D eigenvalue weighted by Crippen LogP contribution is 2.28. The van der Waals surface area contributed by atoms with Crippen LogP contribution < -0.4 is 27.0 Å². The molecule has 14 heteroatoms. The third-order valence-electron chi connectivity index (χ3n) is 7.59. The Morgan fingerprint density at radius 2 is 1.40 bits per heavy atom. The summed E-state index contributed by atoms with van der Waals surface area (Å²) in [6, 6.07) is 7.20. The van der Waals surface area contributed by atoms with Gasteiger partial charge in [0.05, 0.1) is 0 Å². The number of aliphatic carboxylic acids is 1. The molecule has 248 valence electrons. The predicted molar refractivity (Wildman–Crippen MR) is 164 cm³/mol. The van der Waals surface area contributed by atoms with Crippen LogP contribution in [0, 0.1) is 18.8 Å². The van der Waals surface area contributed by atoms with Crippen LogP contribution in [0.1, 0.15) is 73.7 Å². The molecule has 2 rings (SSSR count). The Balaban J connectivity index is 1.56. The van der Waals surface area contributed by atoms with Crippen molar-refractivity contribution in [1.29, 1.82) is 0 Å². The summed E-state index contributed by atoms with van der Waals surface area (Å²) >= 11 is 0. The smallest absolute Gasteiger partial charge is 0.323 e. The molecule has 6 amide bonds. The van der Waals surface area contributed by atoms with Crippen molar-refractivity contribution >= 4 is 41.4 Å². The fourth-order valence-corrected chi connectivity index (χ4v) is 5.02. The molecule has 1 aromatic rings. The molecule has 0 aliphatic heterocycles. The first kappa shape index (κ1) is 36.7. The number of carboxylic acids is 1. The molecule has 0 aromatic heterocycles. The zero-order chi connectivity index (χ0) is 33.2. The molecule has 0 radical (unpaired) electrons. The van der Waals surface area contributed by atoms with E-state index in [1.165, 1.54) is 4.90 Å². The first-order valence-corrected chi connectivity index (χ1v) is 15.4. The monoisotopic (exact) mass is 630 g/mol. The van der Waals surface area contributed by atoms with Crippen LogP contribution in [0.2, 0.25) is 0 Å². The van der Waals surface area contributed by atoms with Crippen molar-refractivity contribution in [3.63, 3.8) is 0 Å². The van der Waals surface area contributed by atoms with E-state index in [1.54, 1.807) is 18.2 Å². The Labute approximate surface area is 263 Å². The molecule has 0 bridgehead atoms. The molecular weight excluding hydrogens is 584 g/mol. The number of aryl methyl sites for hydroxylation is 1. The van der Waals surface area contributed by atoms with E-state index < -0.39 is 18.4 Å². The Hall–Kier alpha value is -4.49. The second-order valence-electron chi connectivity index (χ2n) is 11.2. The lowest BCUT2D eigenvalue weighted by atomic mass is 9.81. The number of carboxylic acid groups (broad SMARTS) is 1. The van der Waals surface area contributed by atoms with Crippen LogP contribution in [0.3, 0.4) is 0 Å². The van der Waals surface area contributed by atoms with Gasteiger partial charge in [0.25, 0.3) is 5.91 Å². The van der Waals surface area contributed by atoms with Gasteiger partial charge in [-0.15, -0.1) is 0 Å². The van der Waals surface area contributed by atoms with Crippen molar-refractivity contribution in [2.24, 2.45) is 17.6 Å². The van der Waals surface area contributed by atoms with E-state index in [1.807, 2.05) is 13.0 Å². The molecule has 0 spiro atoms. The molecule has 14 nitrogen and oxygen atoms in total. The van der Waals surface area contributed by atoms with Gasteiger partial charge in [-0.25, -0.2) is 0 Å². The topological polar surface area (TPSA) is 217 Å². The highest BCUT2D eigenvalue weighted by atomic mass is 16.4. The second kappa shape index (κ2) is 19.7. The number of nitrogens with two attached hydrogens (primary N) is 1. The molecule has 0 heterocycles. The van der Waals surface area contributed by atoms with Gasteiger partial charge in [0.2, 0.25) is 29.5 Å². The minimum absolute atomic E-state index is 0.0114. The molecule has 1 aromatic carbocycles. The van der Waals surface area contributed by atoms with E-state index in [9.17, 15) is 38.7 Å². The van der Waals surface area contributed by atoms with E-state index in [0.717, 1.165) is 5.56 Å². The van der Waals surface area contributed by atoms with Crippen molar-refractivity contribution in [2.45, 2.75) is 64.7 Å². The zero-order valence-corrected chi connectivity index (χ0v) is 25.9. The Morgan fingerprint density at radius 1 is 0.800 bits per heavy atom. The van der Waals surface area contributed by atoms with E-state index in [-0.39, 0.29) is 86.8 Å². The largest absolute Gasteiger partial charge is 0.480 e. The van der Waals surface area contributed by atoms with E-state index >= 15 is 0 Å². The minimum atomic E-state index is -1.15. The number of carbonyl (C=O) groups is 7. The van der Waals surface area contributed by atoms with Crippen LogP contribution in [-0.2, 0) is 28.8 Å². The van der Waals surface area contributed by atoms with Crippen LogP contribution >= 0.6 is 0 Å². The number of carbonyl (C=O) groups excluding carboxylic acids is 6. The Bertz CT molecular complexity index is 1200. The number of primary amides is 1. The first-order valence-electron chi connectivity index (χ1n) is 15.4. The normalized spacial score (nSPS) is 15.8. The molecule has 1 saturated carbocycles. The lowest BCUT2D eigenvalue weighted by Gasteiger charge is -2.25. The van der Waals surface area contributed by atoms with Gasteiger partial charge in [-0.1, -0.05) is 17.7 Å². The molecule has 1 aliphatic carbocycles. The van der Waals surface area contributed by atoms with Crippen LogP contribution in [0.4, 0.5) is 0 Å². The van der Waals surface area contributed by atoms with Gasteiger partial charge in [0, 0.05) is 69.4 Å². The van der Waals surface area contributed by atoms with Crippen LogP contribution in [0.15, 0.2) is 24.3 Å². The van der Waals surface area contributed by atoms with E-state index in [4.69, 9.17) is 5.73 Å². The summed E-state index contributed by atoms with van der Waals surface area (Å²) in [6.07, 6.45) is 3.33. The van der Waals surface area contributed by atoms with Gasteiger partial charge in [0.1, 0.15) is 6.54 Å². The predicted octanol–water partition coefficient (Wildman–Crippen LogP) is 0.229. The van der Waals surface area contributed by atoms with Gasteiger partial charge in [0.15, 0.2) is 0 Å².